The Morgan fingerprint density at radius 2 is 1.85 bits per heavy atom. The minimum atomic E-state index is -0.983. The summed E-state index contributed by atoms with van der Waals surface area (Å²) in [6.07, 6.45) is 0. The van der Waals surface area contributed by atoms with Crippen LogP contribution in [0.4, 0.5) is 0 Å². The molecule has 0 aliphatic rings. The summed E-state index contributed by atoms with van der Waals surface area (Å²) >= 11 is 1.06. The molecule has 0 heterocycles. The molecule has 0 spiro atoms. The van der Waals surface area contributed by atoms with Gasteiger partial charge < -0.3 is 5.73 Å². The Kier molecular flexibility index (Phi) is 3.33. The van der Waals surface area contributed by atoms with Crippen molar-refractivity contribution in [2.75, 3.05) is 0 Å². The molecule has 0 radical (unpaired) electrons. The van der Waals surface area contributed by atoms with Gasteiger partial charge >= 0.3 is 11.8 Å². The lowest BCUT2D eigenvalue weighted by Gasteiger charge is -1.99. The van der Waals surface area contributed by atoms with Crippen molar-refractivity contribution in [3.63, 3.8) is 0 Å². The van der Waals surface area contributed by atoms with E-state index in [4.69, 9.17) is 5.73 Å². The number of nitrogens with one attached hydrogen (secondary N) is 1. The molecule has 0 fully saturated rings. The van der Waals surface area contributed by atoms with Gasteiger partial charge in [-0.2, -0.15) is 0 Å². The van der Waals surface area contributed by atoms with Crippen LogP contribution >= 0.6 is 11.9 Å². The van der Waals surface area contributed by atoms with Crippen LogP contribution in [0.5, 0.6) is 0 Å². The Bertz CT molecular complexity index is 313. The average molecular weight is 196 g/mol. The third-order valence-corrected chi connectivity index (χ3v) is 2.02. The largest absolute Gasteiger partial charge is 0.361 e. The quantitative estimate of drug-likeness (QED) is 0.527. The monoisotopic (exact) mass is 196 g/mol. The van der Waals surface area contributed by atoms with Crippen molar-refractivity contribution in [3.8, 4) is 0 Å². The van der Waals surface area contributed by atoms with Crippen molar-refractivity contribution in [1.29, 1.82) is 0 Å². The molecule has 0 aromatic heterocycles. The van der Waals surface area contributed by atoms with Crippen LogP contribution in [-0.4, -0.2) is 11.8 Å². The van der Waals surface area contributed by atoms with Crippen LogP contribution in [0, 0.1) is 0 Å². The molecule has 68 valence electrons. The third kappa shape index (κ3) is 3.16. The van der Waals surface area contributed by atoms with Crippen molar-refractivity contribution < 1.29 is 9.59 Å². The SMILES string of the molecule is NC(=O)C(=O)NSc1ccccc1. The molecule has 0 aliphatic carbocycles. The molecule has 0 unspecified atom stereocenters. The minimum Gasteiger partial charge on any atom is -0.361 e. The van der Waals surface area contributed by atoms with Gasteiger partial charge in [0.1, 0.15) is 0 Å². The first-order chi connectivity index (χ1) is 6.20. The predicted octanol–water partition coefficient (Wildman–Crippen LogP) is 0.295. The number of hydrogen-bond acceptors (Lipinski definition) is 3. The lowest BCUT2D eigenvalue weighted by Crippen LogP contribution is -2.31. The Hall–Kier alpha value is -1.49. The molecule has 13 heavy (non-hydrogen) atoms. The highest BCUT2D eigenvalue weighted by Gasteiger charge is 2.07. The number of carbonyl (C=O) groups is 2. The predicted molar refractivity (Wildman–Crippen MR) is 49.6 cm³/mol. The molecule has 3 N–H and O–H groups in total. The maximum atomic E-state index is 10.7. The van der Waals surface area contributed by atoms with Crippen LogP contribution < -0.4 is 10.5 Å². The Morgan fingerprint density at radius 3 is 2.38 bits per heavy atom. The Balaban J connectivity index is 2.44. The summed E-state index contributed by atoms with van der Waals surface area (Å²) in [4.78, 5) is 21.9. The summed E-state index contributed by atoms with van der Waals surface area (Å²) in [5.74, 6) is -1.78. The van der Waals surface area contributed by atoms with Gasteiger partial charge in [0.15, 0.2) is 0 Å². The van der Waals surface area contributed by atoms with Gasteiger partial charge in [0.2, 0.25) is 0 Å². The van der Waals surface area contributed by atoms with E-state index in [9.17, 15) is 9.59 Å². The highest BCUT2D eigenvalue weighted by molar-refractivity contribution is 7.98. The topological polar surface area (TPSA) is 72.2 Å². The van der Waals surface area contributed by atoms with E-state index < -0.39 is 11.8 Å². The van der Waals surface area contributed by atoms with Crippen LogP contribution in [0.25, 0.3) is 0 Å². The zero-order valence-electron chi connectivity index (χ0n) is 6.69. The normalized spacial score (nSPS) is 9.23. The van der Waals surface area contributed by atoms with Crippen molar-refractivity contribution >= 4 is 23.8 Å². The standard InChI is InChI=1S/C8H8N2O2S/c9-7(11)8(12)10-13-6-4-2-1-3-5-6/h1-5H,(H2,9,11)(H,10,12). The lowest BCUT2D eigenvalue weighted by molar-refractivity contribution is -0.136. The maximum absolute atomic E-state index is 10.7. The van der Waals surface area contributed by atoms with E-state index in [2.05, 4.69) is 4.72 Å². The number of rotatable bonds is 2. The van der Waals surface area contributed by atoms with Crippen LogP contribution in [0.1, 0.15) is 0 Å². The van der Waals surface area contributed by atoms with Gasteiger partial charge in [0.25, 0.3) is 0 Å². The summed E-state index contributed by atoms with van der Waals surface area (Å²) in [5.41, 5.74) is 4.74. The molecule has 4 nitrogen and oxygen atoms in total. The smallest absolute Gasteiger partial charge is 0.319 e. The first-order valence-electron chi connectivity index (χ1n) is 3.52. The number of hydrogen-bond donors (Lipinski definition) is 2. The zero-order chi connectivity index (χ0) is 9.68. The zero-order valence-corrected chi connectivity index (χ0v) is 7.51. The van der Waals surface area contributed by atoms with Crippen molar-refractivity contribution in [1.82, 2.24) is 4.72 Å². The van der Waals surface area contributed by atoms with Crippen LogP contribution in [0.3, 0.4) is 0 Å². The fourth-order valence-corrected chi connectivity index (χ4v) is 1.25. The van der Waals surface area contributed by atoms with Gasteiger partial charge in [0, 0.05) is 4.90 Å². The number of nitrogens with two attached hydrogens (primary N) is 1. The van der Waals surface area contributed by atoms with Gasteiger partial charge in [-0.1, -0.05) is 18.2 Å². The maximum Gasteiger partial charge on any atom is 0.319 e. The van der Waals surface area contributed by atoms with Crippen molar-refractivity contribution in [3.05, 3.63) is 30.3 Å². The summed E-state index contributed by atoms with van der Waals surface area (Å²) in [5, 5.41) is 0. The van der Waals surface area contributed by atoms with Crippen LogP contribution in [0.15, 0.2) is 35.2 Å². The van der Waals surface area contributed by atoms with E-state index in [-0.39, 0.29) is 0 Å². The lowest BCUT2D eigenvalue weighted by atomic mass is 10.4. The average Bonchev–Trinajstić information content (AvgIpc) is 2.15. The highest BCUT2D eigenvalue weighted by Crippen LogP contribution is 2.12. The fourth-order valence-electron chi connectivity index (χ4n) is 0.644. The summed E-state index contributed by atoms with van der Waals surface area (Å²) < 4.78 is 2.30. The number of benzene rings is 1. The molecule has 2 amide bonds. The van der Waals surface area contributed by atoms with Crippen LogP contribution in [-0.2, 0) is 9.59 Å². The molecule has 0 saturated heterocycles. The Morgan fingerprint density at radius 1 is 1.23 bits per heavy atom. The van der Waals surface area contributed by atoms with Gasteiger partial charge in [-0.3, -0.25) is 14.3 Å². The van der Waals surface area contributed by atoms with E-state index in [0.717, 1.165) is 16.8 Å². The molecule has 0 bridgehead atoms. The molecule has 1 aromatic carbocycles. The number of carbonyl (C=O) groups excluding carboxylic acids is 2. The van der Waals surface area contributed by atoms with Gasteiger partial charge in [-0.25, -0.2) is 0 Å². The molecular formula is C8H8N2O2S. The molecule has 0 saturated carbocycles. The van der Waals surface area contributed by atoms with E-state index in [1.165, 1.54) is 0 Å². The van der Waals surface area contributed by atoms with Crippen LogP contribution in [0.2, 0.25) is 0 Å². The van der Waals surface area contributed by atoms with Gasteiger partial charge in [0.05, 0.1) is 0 Å². The summed E-state index contributed by atoms with van der Waals surface area (Å²) in [6.45, 7) is 0. The summed E-state index contributed by atoms with van der Waals surface area (Å²) in [7, 11) is 0. The van der Waals surface area contributed by atoms with Crippen molar-refractivity contribution in [2.45, 2.75) is 4.90 Å². The first kappa shape index (κ1) is 9.60. The van der Waals surface area contributed by atoms with E-state index in [0.29, 0.717) is 0 Å². The van der Waals surface area contributed by atoms with Gasteiger partial charge in [-0.05, 0) is 24.1 Å². The second-order valence-electron chi connectivity index (χ2n) is 2.21. The third-order valence-electron chi connectivity index (χ3n) is 1.23. The molecule has 0 atom stereocenters. The van der Waals surface area contributed by atoms with E-state index >= 15 is 0 Å². The molecule has 5 heteroatoms. The van der Waals surface area contributed by atoms with Crippen molar-refractivity contribution in [2.24, 2.45) is 5.73 Å². The molecule has 1 aromatic rings. The number of primary amides is 1. The second-order valence-corrected chi connectivity index (χ2v) is 3.09. The first-order valence-corrected chi connectivity index (χ1v) is 4.33. The van der Waals surface area contributed by atoms with E-state index in [1.54, 1.807) is 0 Å². The van der Waals surface area contributed by atoms with E-state index in [1.807, 2.05) is 30.3 Å². The number of amides is 2. The second kappa shape index (κ2) is 4.51. The Labute approximate surface area is 79.6 Å². The molecule has 0 aliphatic heterocycles. The fraction of sp³-hybridized carbons (Fsp3) is 0. The molecule has 1 rings (SSSR count). The summed E-state index contributed by atoms with van der Waals surface area (Å²) in [6, 6.07) is 9.15. The highest BCUT2D eigenvalue weighted by atomic mass is 32.2. The minimum absolute atomic E-state index is 0.797. The molecular weight excluding hydrogens is 188 g/mol. The van der Waals surface area contributed by atoms with Gasteiger partial charge in [-0.15, -0.1) is 0 Å².